The van der Waals surface area contributed by atoms with Gasteiger partial charge in [0.1, 0.15) is 0 Å². The topological polar surface area (TPSA) is 12.5 Å². The summed E-state index contributed by atoms with van der Waals surface area (Å²) < 4.78 is 7.17. The van der Waals surface area contributed by atoms with Gasteiger partial charge in [0.2, 0.25) is 0 Å². The third-order valence-corrected chi connectivity index (χ3v) is 13.9. The van der Waals surface area contributed by atoms with Crippen molar-refractivity contribution < 1.29 is 4.74 Å². The number of nitrogens with zero attached hydrogens (tertiary/aromatic N) is 1. The summed E-state index contributed by atoms with van der Waals surface area (Å²) in [5.41, 5.74) is 22.9. The van der Waals surface area contributed by atoms with E-state index in [1.165, 1.54) is 55.6 Å². The summed E-state index contributed by atoms with van der Waals surface area (Å²) in [6.45, 7) is 9.39. The average Bonchev–Trinajstić information content (AvgIpc) is 3.69. The van der Waals surface area contributed by atoms with Gasteiger partial charge in [0, 0.05) is 22.0 Å². The Labute approximate surface area is 364 Å². The van der Waals surface area contributed by atoms with Crippen molar-refractivity contribution >= 4 is 17.1 Å². The highest BCUT2D eigenvalue weighted by Crippen LogP contribution is 2.57. The van der Waals surface area contributed by atoms with E-state index in [9.17, 15) is 0 Å². The van der Waals surface area contributed by atoms with Crippen molar-refractivity contribution in [1.82, 2.24) is 0 Å². The molecule has 1 aliphatic heterocycles. The Morgan fingerprint density at radius 3 is 1.15 bits per heavy atom. The summed E-state index contributed by atoms with van der Waals surface area (Å²) >= 11 is 0. The minimum Gasteiger partial charge on any atom is -0.453 e. The predicted molar refractivity (Wildman–Crippen MR) is 258 cm³/mol. The number of rotatable bonds is 5. The molecule has 0 saturated heterocycles. The molecule has 9 aromatic rings. The van der Waals surface area contributed by atoms with Gasteiger partial charge < -0.3 is 9.64 Å². The van der Waals surface area contributed by atoms with Gasteiger partial charge in [-0.3, -0.25) is 0 Å². The molecule has 3 aliphatic rings. The van der Waals surface area contributed by atoms with Gasteiger partial charge in [0.15, 0.2) is 11.5 Å². The number of benzene rings is 9. The maximum atomic E-state index is 7.17. The van der Waals surface area contributed by atoms with Crippen LogP contribution in [-0.4, -0.2) is 0 Å². The average molecular weight is 796 g/mol. The molecule has 0 radical (unpaired) electrons. The summed E-state index contributed by atoms with van der Waals surface area (Å²) in [5, 5.41) is 0. The maximum Gasteiger partial charge on any atom is 0.152 e. The normalized spacial score (nSPS) is 14.5. The molecule has 0 amide bonds. The molecule has 12 rings (SSSR count). The van der Waals surface area contributed by atoms with E-state index in [1.54, 1.807) is 0 Å². The number of hydrogen-bond donors (Lipinski definition) is 0. The predicted octanol–water partition coefficient (Wildman–Crippen LogP) is 16.5. The van der Waals surface area contributed by atoms with Crippen LogP contribution in [0, 0.1) is 0 Å². The summed E-state index contributed by atoms with van der Waals surface area (Å²) in [7, 11) is 0. The first-order valence-corrected chi connectivity index (χ1v) is 21.8. The van der Waals surface area contributed by atoms with Crippen LogP contribution < -0.4 is 9.64 Å². The van der Waals surface area contributed by atoms with Crippen molar-refractivity contribution in [2.24, 2.45) is 0 Å². The Balaban J connectivity index is 1.05. The number of anilines is 3. The number of hydrogen-bond acceptors (Lipinski definition) is 2. The number of fused-ring (bicyclic) bond motifs is 8. The van der Waals surface area contributed by atoms with Crippen molar-refractivity contribution in [2.45, 2.75) is 38.5 Å². The van der Waals surface area contributed by atoms with Crippen molar-refractivity contribution in [1.29, 1.82) is 0 Å². The lowest BCUT2D eigenvalue weighted by Crippen LogP contribution is -2.18. The van der Waals surface area contributed by atoms with E-state index in [1.807, 2.05) is 0 Å². The lowest BCUT2D eigenvalue weighted by Gasteiger charge is -2.36. The Kier molecular flexibility index (Phi) is 7.96. The van der Waals surface area contributed by atoms with Crippen LogP contribution in [0.5, 0.6) is 11.5 Å². The standard InChI is InChI=1S/C60H45NO/c1-59(2)50-24-13-11-20-46(50)48-30-26-40(34-52(48)59)42-28-32-54-56(36-42)62-57-37-43(41-27-31-49-47-21-12-14-25-51(47)60(3,4)53(49)35-41)29-33-55(57)61(54)58-44(38-16-7-5-8-17-38)22-15-23-45(58)39-18-9-6-10-19-39/h5-37H,1-4H3. The fraction of sp³-hybridized carbons (Fsp3) is 0.100. The molecule has 2 aliphatic carbocycles. The molecule has 0 N–H and O–H groups in total. The first kappa shape index (κ1) is 36.4. The zero-order valence-corrected chi connectivity index (χ0v) is 35.4. The van der Waals surface area contributed by atoms with Gasteiger partial charge in [-0.15, -0.1) is 0 Å². The third kappa shape index (κ3) is 5.43. The van der Waals surface area contributed by atoms with Gasteiger partial charge in [0.25, 0.3) is 0 Å². The van der Waals surface area contributed by atoms with E-state index >= 15 is 0 Å². The second kappa shape index (κ2) is 13.5. The fourth-order valence-electron chi connectivity index (χ4n) is 10.7. The zero-order valence-electron chi connectivity index (χ0n) is 35.4. The van der Waals surface area contributed by atoms with E-state index in [-0.39, 0.29) is 10.8 Å². The van der Waals surface area contributed by atoms with E-state index in [0.29, 0.717) is 0 Å². The van der Waals surface area contributed by atoms with E-state index < -0.39 is 0 Å². The molecule has 9 aromatic carbocycles. The zero-order chi connectivity index (χ0) is 41.7. The highest BCUT2D eigenvalue weighted by molar-refractivity contribution is 6.01. The molecule has 2 nitrogen and oxygen atoms in total. The van der Waals surface area contributed by atoms with Crippen LogP contribution in [0.1, 0.15) is 49.9 Å². The van der Waals surface area contributed by atoms with Crippen LogP contribution in [0.4, 0.5) is 17.1 Å². The number of para-hydroxylation sites is 1. The number of ether oxygens (including phenoxy) is 1. The minimum atomic E-state index is -0.0939. The van der Waals surface area contributed by atoms with Gasteiger partial charge in [-0.1, -0.05) is 191 Å². The molecule has 1 heterocycles. The van der Waals surface area contributed by atoms with Crippen LogP contribution in [0.2, 0.25) is 0 Å². The molecule has 0 atom stereocenters. The molecule has 0 spiro atoms. The summed E-state index contributed by atoms with van der Waals surface area (Å²) in [5.74, 6) is 1.64. The lowest BCUT2D eigenvalue weighted by atomic mass is 9.81. The molecule has 296 valence electrons. The lowest BCUT2D eigenvalue weighted by molar-refractivity contribution is 0.477. The van der Waals surface area contributed by atoms with E-state index in [0.717, 1.165) is 61.9 Å². The quantitative estimate of drug-likeness (QED) is 0.172. The largest absolute Gasteiger partial charge is 0.453 e. The maximum absolute atomic E-state index is 7.17. The van der Waals surface area contributed by atoms with Crippen LogP contribution in [-0.2, 0) is 10.8 Å². The first-order valence-electron chi connectivity index (χ1n) is 21.8. The molecular weight excluding hydrogens is 751 g/mol. The molecule has 0 saturated carbocycles. The van der Waals surface area contributed by atoms with Crippen LogP contribution >= 0.6 is 0 Å². The molecule has 2 heteroatoms. The third-order valence-electron chi connectivity index (χ3n) is 13.9. The van der Waals surface area contributed by atoms with Crippen molar-refractivity contribution in [3.8, 4) is 78.3 Å². The van der Waals surface area contributed by atoms with Crippen molar-refractivity contribution in [3.63, 3.8) is 0 Å². The monoisotopic (exact) mass is 795 g/mol. The Morgan fingerprint density at radius 1 is 0.306 bits per heavy atom. The summed E-state index contributed by atoms with van der Waals surface area (Å²) in [6, 6.07) is 73.4. The van der Waals surface area contributed by atoms with Crippen LogP contribution in [0.3, 0.4) is 0 Å². The second-order valence-corrected chi connectivity index (χ2v) is 18.1. The van der Waals surface area contributed by atoms with E-state index in [2.05, 4.69) is 233 Å². The Morgan fingerprint density at radius 2 is 0.677 bits per heavy atom. The molecular formula is C60H45NO. The van der Waals surface area contributed by atoms with Crippen molar-refractivity contribution in [3.05, 3.63) is 222 Å². The van der Waals surface area contributed by atoms with Gasteiger partial charge in [-0.05, 0) is 114 Å². The highest BCUT2D eigenvalue weighted by atomic mass is 16.5. The van der Waals surface area contributed by atoms with Gasteiger partial charge >= 0.3 is 0 Å². The molecule has 0 unspecified atom stereocenters. The Bertz CT molecular complexity index is 3050. The smallest absolute Gasteiger partial charge is 0.152 e. The fourth-order valence-corrected chi connectivity index (χ4v) is 10.7. The first-order chi connectivity index (χ1) is 30.3. The molecule has 0 aromatic heterocycles. The van der Waals surface area contributed by atoms with Crippen LogP contribution in [0.25, 0.3) is 66.8 Å². The Hall–Kier alpha value is -7.42. The minimum absolute atomic E-state index is 0.0939. The van der Waals surface area contributed by atoms with Gasteiger partial charge in [0.05, 0.1) is 17.1 Å². The highest BCUT2D eigenvalue weighted by Gasteiger charge is 2.37. The van der Waals surface area contributed by atoms with Gasteiger partial charge in [-0.25, -0.2) is 0 Å². The second-order valence-electron chi connectivity index (χ2n) is 18.1. The van der Waals surface area contributed by atoms with E-state index in [4.69, 9.17) is 4.74 Å². The summed E-state index contributed by atoms with van der Waals surface area (Å²) in [6.07, 6.45) is 0. The van der Waals surface area contributed by atoms with Gasteiger partial charge in [-0.2, -0.15) is 0 Å². The van der Waals surface area contributed by atoms with Crippen molar-refractivity contribution in [2.75, 3.05) is 4.90 Å². The SMILES string of the molecule is CC1(C)c2ccccc2-c2ccc(-c3ccc4c(c3)Oc3cc(-c5ccc6c(c5)C(C)(C)c5ccccc5-6)ccc3N4c3c(-c4ccccc4)cccc3-c3ccccc3)cc21. The van der Waals surface area contributed by atoms with Crippen LogP contribution in [0.15, 0.2) is 200 Å². The molecule has 0 fully saturated rings. The molecule has 0 bridgehead atoms. The summed E-state index contributed by atoms with van der Waals surface area (Å²) in [4.78, 5) is 2.44. The molecule has 62 heavy (non-hydrogen) atoms.